The van der Waals surface area contributed by atoms with Crippen LogP contribution in [-0.4, -0.2) is 34.7 Å². The number of benzene rings is 1. The molecule has 0 aliphatic heterocycles. The molecule has 1 N–H and O–H groups in total. The van der Waals surface area contributed by atoms with Crippen LogP contribution in [0.1, 0.15) is 35.2 Å². The SMILES string of the molecule is CC(C)c1ncc(CN(CCO)CCc2ccccc2)s1. The van der Waals surface area contributed by atoms with Crippen LogP contribution in [0, 0.1) is 0 Å². The fourth-order valence-electron chi connectivity index (χ4n) is 2.23. The van der Waals surface area contributed by atoms with E-state index in [0.29, 0.717) is 12.5 Å². The van der Waals surface area contributed by atoms with Gasteiger partial charge < -0.3 is 5.11 Å². The maximum atomic E-state index is 9.25. The Hall–Kier alpha value is -1.23. The standard InChI is InChI=1S/C17H24N2OS/c1-14(2)17-18-12-16(21-17)13-19(10-11-20)9-8-15-6-4-3-5-7-15/h3-7,12,14,20H,8-11,13H2,1-2H3. The Morgan fingerprint density at radius 1 is 1.19 bits per heavy atom. The van der Waals surface area contributed by atoms with Crippen molar-refractivity contribution in [2.45, 2.75) is 32.7 Å². The quantitative estimate of drug-likeness (QED) is 0.813. The molecule has 114 valence electrons. The fraction of sp³-hybridized carbons (Fsp3) is 0.471. The highest BCUT2D eigenvalue weighted by Gasteiger charge is 2.10. The van der Waals surface area contributed by atoms with Crippen molar-refractivity contribution in [3.05, 3.63) is 52.0 Å². The van der Waals surface area contributed by atoms with E-state index >= 15 is 0 Å². The number of aliphatic hydroxyl groups excluding tert-OH is 1. The number of aliphatic hydroxyl groups is 1. The zero-order chi connectivity index (χ0) is 15.1. The minimum absolute atomic E-state index is 0.199. The maximum Gasteiger partial charge on any atom is 0.0953 e. The summed E-state index contributed by atoms with van der Waals surface area (Å²) in [5.41, 5.74) is 1.34. The number of thiazole rings is 1. The predicted octanol–water partition coefficient (Wildman–Crippen LogP) is 3.30. The van der Waals surface area contributed by atoms with Crippen molar-refractivity contribution in [1.82, 2.24) is 9.88 Å². The van der Waals surface area contributed by atoms with E-state index in [4.69, 9.17) is 0 Å². The lowest BCUT2D eigenvalue weighted by Gasteiger charge is -2.20. The van der Waals surface area contributed by atoms with E-state index in [1.807, 2.05) is 12.3 Å². The summed E-state index contributed by atoms with van der Waals surface area (Å²) in [6, 6.07) is 10.5. The molecule has 1 aromatic heterocycles. The van der Waals surface area contributed by atoms with Crippen molar-refractivity contribution in [2.75, 3.05) is 19.7 Å². The average Bonchev–Trinajstić information content (AvgIpc) is 2.95. The summed E-state index contributed by atoms with van der Waals surface area (Å²) in [5.74, 6) is 0.486. The van der Waals surface area contributed by atoms with E-state index in [0.717, 1.165) is 19.5 Å². The largest absolute Gasteiger partial charge is 0.395 e. The van der Waals surface area contributed by atoms with Crippen LogP contribution in [0.5, 0.6) is 0 Å². The van der Waals surface area contributed by atoms with Crippen LogP contribution < -0.4 is 0 Å². The van der Waals surface area contributed by atoms with Gasteiger partial charge in [-0.1, -0.05) is 44.2 Å². The van der Waals surface area contributed by atoms with Crippen LogP contribution in [0.3, 0.4) is 0 Å². The van der Waals surface area contributed by atoms with Crippen LogP contribution in [0.25, 0.3) is 0 Å². The van der Waals surface area contributed by atoms with Gasteiger partial charge in [0.2, 0.25) is 0 Å². The van der Waals surface area contributed by atoms with Gasteiger partial charge in [-0.2, -0.15) is 0 Å². The third-order valence-electron chi connectivity index (χ3n) is 3.42. The fourth-order valence-corrected chi connectivity index (χ4v) is 3.19. The molecule has 0 unspecified atom stereocenters. The molecule has 0 saturated carbocycles. The van der Waals surface area contributed by atoms with Gasteiger partial charge in [-0.05, 0) is 12.0 Å². The summed E-state index contributed by atoms with van der Waals surface area (Å²) in [6.07, 6.45) is 2.99. The third kappa shape index (κ3) is 5.23. The summed E-state index contributed by atoms with van der Waals surface area (Å²) >= 11 is 1.78. The molecule has 0 radical (unpaired) electrons. The first-order valence-electron chi connectivity index (χ1n) is 7.50. The Morgan fingerprint density at radius 2 is 1.95 bits per heavy atom. The smallest absolute Gasteiger partial charge is 0.0953 e. The van der Waals surface area contributed by atoms with Crippen molar-refractivity contribution < 1.29 is 5.11 Å². The van der Waals surface area contributed by atoms with Crippen LogP contribution in [0.4, 0.5) is 0 Å². The number of nitrogens with zero attached hydrogens (tertiary/aromatic N) is 2. The zero-order valence-corrected chi connectivity index (χ0v) is 13.6. The molecule has 1 heterocycles. The molecule has 0 spiro atoms. The summed E-state index contributed by atoms with van der Waals surface area (Å²) in [4.78, 5) is 8.05. The number of aromatic nitrogens is 1. The normalized spacial score (nSPS) is 11.5. The summed E-state index contributed by atoms with van der Waals surface area (Å²) in [5, 5.41) is 10.4. The molecule has 0 aliphatic rings. The molecule has 0 atom stereocenters. The van der Waals surface area contributed by atoms with Crippen LogP contribution in [-0.2, 0) is 13.0 Å². The monoisotopic (exact) mass is 304 g/mol. The van der Waals surface area contributed by atoms with E-state index in [1.54, 1.807) is 11.3 Å². The lowest BCUT2D eigenvalue weighted by atomic mass is 10.1. The Bertz CT molecular complexity index is 525. The van der Waals surface area contributed by atoms with Gasteiger partial charge >= 0.3 is 0 Å². The summed E-state index contributed by atoms with van der Waals surface area (Å²) < 4.78 is 0. The van der Waals surface area contributed by atoms with Gasteiger partial charge in [0.25, 0.3) is 0 Å². The molecule has 1 aromatic carbocycles. The first kappa shape index (κ1) is 16.1. The number of rotatable bonds is 8. The topological polar surface area (TPSA) is 36.4 Å². The minimum Gasteiger partial charge on any atom is -0.395 e. The van der Waals surface area contributed by atoms with Gasteiger partial charge in [0.1, 0.15) is 0 Å². The molecule has 0 bridgehead atoms. The molecule has 2 aromatic rings. The maximum absolute atomic E-state index is 9.25. The minimum atomic E-state index is 0.199. The van der Waals surface area contributed by atoms with Gasteiger partial charge in [0.05, 0.1) is 11.6 Å². The van der Waals surface area contributed by atoms with E-state index in [2.05, 4.69) is 48.0 Å². The first-order chi connectivity index (χ1) is 10.2. The number of hydrogen-bond donors (Lipinski definition) is 1. The lowest BCUT2D eigenvalue weighted by Crippen LogP contribution is -2.28. The molecule has 0 aliphatic carbocycles. The van der Waals surface area contributed by atoms with Crippen LogP contribution in [0.2, 0.25) is 0 Å². The van der Waals surface area contributed by atoms with Gasteiger partial charge in [-0.25, -0.2) is 4.98 Å². The van der Waals surface area contributed by atoms with E-state index in [9.17, 15) is 5.11 Å². The molecule has 4 heteroatoms. The van der Waals surface area contributed by atoms with E-state index in [-0.39, 0.29) is 6.61 Å². The van der Waals surface area contributed by atoms with Crippen LogP contribution in [0.15, 0.2) is 36.5 Å². The zero-order valence-electron chi connectivity index (χ0n) is 12.8. The van der Waals surface area contributed by atoms with Crippen molar-refractivity contribution in [3.63, 3.8) is 0 Å². The predicted molar refractivity (Wildman–Crippen MR) is 88.7 cm³/mol. The molecule has 0 amide bonds. The van der Waals surface area contributed by atoms with Crippen LogP contribution >= 0.6 is 11.3 Å². The van der Waals surface area contributed by atoms with Crippen molar-refractivity contribution in [2.24, 2.45) is 0 Å². The second kappa shape index (κ2) is 8.27. The molecule has 0 fully saturated rings. The van der Waals surface area contributed by atoms with Crippen molar-refractivity contribution in [3.8, 4) is 0 Å². The van der Waals surface area contributed by atoms with Gasteiger partial charge in [-0.3, -0.25) is 4.90 Å². The molecular formula is C17H24N2OS. The summed E-state index contributed by atoms with van der Waals surface area (Å²) in [7, 11) is 0. The van der Waals surface area contributed by atoms with Crippen molar-refractivity contribution >= 4 is 11.3 Å². The molecule has 0 saturated heterocycles. The first-order valence-corrected chi connectivity index (χ1v) is 8.32. The molecule has 2 rings (SSSR count). The second-order valence-electron chi connectivity index (χ2n) is 5.55. The van der Waals surface area contributed by atoms with E-state index < -0.39 is 0 Å². The van der Waals surface area contributed by atoms with Gasteiger partial charge in [0.15, 0.2) is 0 Å². The van der Waals surface area contributed by atoms with E-state index in [1.165, 1.54) is 15.4 Å². The third-order valence-corrected chi connectivity index (χ3v) is 4.70. The second-order valence-corrected chi connectivity index (χ2v) is 6.70. The Kier molecular flexibility index (Phi) is 6.36. The molecule has 3 nitrogen and oxygen atoms in total. The molecule has 21 heavy (non-hydrogen) atoms. The number of hydrogen-bond acceptors (Lipinski definition) is 4. The average molecular weight is 304 g/mol. The Labute approximate surface area is 131 Å². The van der Waals surface area contributed by atoms with Crippen molar-refractivity contribution in [1.29, 1.82) is 0 Å². The Balaban J connectivity index is 1.91. The Morgan fingerprint density at radius 3 is 2.57 bits per heavy atom. The lowest BCUT2D eigenvalue weighted by molar-refractivity contribution is 0.192. The van der Waals surface area contributed by atoms with Gasteiger partial charge in [-0.15, -0.1) is 11.3 Å². The molecular weight excluding hydrogens is 280 g/mol. The highest BCUT2D eigenvalue weighted by atomic mass is 32.1. The van der Waals surface area contributed by atoms with Gasteiger partial charge in [0, 0.05) is 36.6 Å². The highest BCUT2D eigenvalue weighted by molar-refractivity contribution is 7.11. The summed E-state index contributed by atoms with van der Waals surface area (Å²) in [6.45, 7) is 7.08. The highest BCUT2D eigenvalue weighted by Crippen LogP contribution is 2.22.